The molecule has 166 valence electrons. The maximum Gasteiger partial charge on any atom is 0.275 e. The molecule has 0 bridgehead atoms. The van der Waals surface area contributed by atoms with Crippen LogP contribution in [0.25, 0.3) is 5.57 Å². The fraction of sp³-hybridized carbons (Fsp3) is 0.296. The second-order valence-electron chi connectivity index (χ2n) is 9.40. The first kappa shape index (κ1) is 21.9. The molecule has 0 saturated heterocycles. The van der Waals surface area contributed by atoms with Gasteiger partial charge in [0, 0.05) is 38.1 Å². The fourth-order valence-corrected chi connectivity index (χ4v) is 4.35. The van der Waals surface area contributed by atoms with E-state index in [1.165, 1.54) is 5.57 Å². The second kappa shape index (κ2) is 8.32. The van der Waals surface area contributed by atoms with E-state index < -0.39 is 0 Å². The third-order valence-electron chi connectivity index (χ3n) is 6.21. The van der Waals surface area contributed by atoms with Crippen LogP contribution in [-0.2, 0) is 4.79 Å². The first-order valence-corrected chi connectivity index (χ1v) is 11.0. The molecular weight excluding hydrogens is 396 g/mol. The number of benzene rings is 2. The molecule has 0 spiro atoms. The Hall–Kier alpha value is -3.31. The van der Waals surface area contributed by atoms with Crippen molar-refractivity contribution in [3.05, 3.63) is 95.3 Å². The Morgan fingerprint density at radius 1 is 1.09 bits per heavy atom. The highest BCUT2D eigenvalue weighted by atomic mass is 16.2. The molecule has 2 aliphatic rings. The largest absolute Gasteiger partial charge is 0.383 e. The number of hydrazine groups is 1. The van der Waals surface area contributed by atoms with Gasteiger partial charge in [-0.3, -0.25) is 9.69 Å². The minimum Gasteiger partial charge on any atom is -0.383 e. The van der Waals surface area contributed by atoms with Gasteiger partial charge in [0.2, 0.25) is 0 Å². The van der Waals surface area contributed by atoms with Gasteiger partial charge in [0.1, 0.15) is 5.70 Å². The Bertz CT molecular complexity index is 1090. The summed E-state index contributed by atoms with van der Waals surface area (Å²) in [6.45, 7) is 11.6. The standard InChI is InChI=1S/C27H32N4O/c1-18(27(2,3)4)23-24(28-5)26(32)31(25(23)20-10-8-7-9-11-20)22-14-12-19(13-15-22)21-16-29-30(6)17-21/h7-15,17,25,28-29H,1,16H2,2-6H3. The summed E-state index contributed by atoms with van der Waals surface area (Å²) in [7, 11) is 3.80. The molecule has 0 fully saturated rings. The number of amides is 1. The molecule has 4 rings (SSSR count). The zero-order chi connectivity index (χ0) is 23.0. The van der Waals surface area contributed by atoms with Crippen LogP contribution >= 0.6 is 0 Å². The Balaban J connectivity index is 1.80. The highest BCUT2D eigenvalue weighted by molar-refractivity contribution is 6.10. The number of rotatable bonds is 5. The van der Waals surface area contributed by atoms with E-state index in [1.54, 1.807) is 0 Å². The molecule has 5 nitrogen and oxygen atoms in total. The number of likely N-dealkylation sites (N-methyl/N-ethyl adjacent to an activating group) is 1. The van der Waals surface area contributed by atoms with Crippen LogP contribution in [0.1, 0.15) is 37.9 Å². The highest BCUT2D eigenvalue weighted by Crippen LogP contribution is 2.47. The molecule has 1 atom stereocenters. The summed E-state index contributed by atoms with van der Waals surface area (Å²) in [5, 5.41) is 5.15. The Labute approximate surface area is 191 Å². The van der Waals surface area contributed by atoms with E-state index in [0.29, 0.717) is 5.70 Å². The van der Waals surface area contributed by atoms with Crippen molar-refractivity contribution in [1.82, 2.24) is 15.8 Å². The third kappa shape index (κ3) is 3.84. The molecule has 0 aliphatic carbocycles. The van der Waals surface area contributed by atoms with Crippen molar-refractivity contribution >= 4 is 17.2 Å². The van der Waals surface area contributed by atoms with Gasteiger partial charge in [-0.25, -0.2) is 5.43 Å². The Morgan fingerprint density at radius 3 is 2.28 bits per heavy atom. The van der Waals surface area contributed by atoms with E-state index in [4.69, 9.17) is 0 Å². The van der Waals surface area contributed by atoms with E-state index in [9.17, 15) is 4.79 Å². The van der Waals surface area contributed by atoms with Crippen molar-refractivity contribution in [3.63, 3.8) is 0 Å². The van der Waals surface area contributed by atoms with Crippen molar-refractivity contribution in [2.75, 3.05) is 25.5 Å². The molecule has 2 aromatic carbocycles. The second-order valence-corrected chi connectivity index (χ2v) is 9.40. The molecule has 0 radical (unpaired) electrons. The lowest BCUT2D eigenvalue weighted by atomic mass is 9.79. The van der Waals surface area contributed by atoms with Crippen molar-refractivity contribution in [1.29, 1.82) is 0 Å². The highest BCUT2D eigenvalue weighted by Gasteiger charge is 2.43. The first-order valence-electron chi connectivity index (χ1n) is 11.0. The summed E-state index contributed by atoms with van der Waals surface area (Å²) in [4.78, 5) is 15.6. The smallest absolute Gasteiger partial charge is 0.275 e. The number of nitrogens with zero attached hydrogens (tertiary/aromatic N) is 2. The molecule has 2 aliphatic heterocycles. The minimum atomic E-state index is -0.234. The quantitative estimate of drug-likeness (QED) is 0.728. The van der Waals surface area contributed by atoms with Crippen molar-refractivity contribution < 1.29 is 4.79 Å². The Kier molecular flexibility index (Phi) is 5.70. The summed E-state index contributed by atoms with van der Waals surface area (Å²) in [5.41, 5.74) is 9.96. The van der Waals surface area contributed by atoms with E-state index >= 15 is 0 Å². The topological polar surface area (TPSA) is 47.6 Å². The molecule has 1 amide bonds. The number of hydrogen-bond donors (Lipinski definition) is 2. The zero-order valence-electron chi connectivity index (χ0n) is 19.6. The lowest BCUT2D eigenvalue weighted by molar-refractivity contribution is -0.115. The number of nitrogens with one attached hydrogen (secondary N) is 2. The molecule has 0 saturated carbocycles. The summed E-state index contributed by atoms with van der Waals surface area (Å²) < 4.78 is 0. The van der Waals surface area contributed by atoms with Gasteiger partial charge in [-0.1, -0.05) is 69.8 Å². The SMILES string of the molecule is C=C(C1=C(NC)C(=O)N(c2ccc(C3=CN(C)NC3)cc2)C1c1ccccc1)C(C)(C)C. The summed E-state index contributed by atoms with van der Waals surface area (Å²) in [6.07, 6.45) is 2.09. The van der Waals surface area contributed by atoms with Crippen LogP contribution in [0.2, 0.25) is 0 Å². The lowest BCUT2D eigenvalue weighted by Gasteiger charge is -2.31. The normalized spacial score (nSPS) is 19.0. The Morgan fingerprint density at radius 2 is 1.75 bits per heavy atom. The molecular formula is C27H32N4O. The average molecular weight is 429 g/mol. The van der Waals surface area contributed by atoms with E-state index in [1.807, 2.05) is 54.3 Å². The van der Waals surface area contributed by atoms with Crippen LogP contribution in [0.5, 0.6) is 0 Å². The monoisotopic (exact) mass is 428 g/mol. The molecule has 5 heteroatoms. The zero-order valence-corrected chi connectivity index (χ0v) is 19.6. The molecule has 2 aromatic rings. The van der Waals surface area contributed by atoms with Gasteiger partial charge in [-0.15, -0.1) is 0 Å². The van der Waals surface area contributed by atoms with Gasteiger partial charge in [0.15, 0.2) is 0 Å². The van der Waals surface area contributed by atoms with Crippen LogP contribution in [0.15, 0.2) is 84.2 Å². The van der Waals surface area contributed by atoms with Gasteiger partial charge in [-0.05, 0) is 39.8 Å². The molecule has 2 heterocycles. The van der Waals surface area contributed by atoms with Crippen molar-refractivity contribution in [2.24, 2.45) is 5.41 Å². The van der Waals surface area contributed by atoms with E-state index in [0.717, 1.165) is 34.5 Å². The van der Waals surface area contributed by atoms with E-state index in [-0.39, 0.29) is 17.4 Å². The predicted octanol–water partition coefficient (Wildman–Crippen LogP) is 4.64. The lowest BCUT2D eigenvalue weighted by Crippen LogP contribution is -2.32. The van der Waals surface area contributed by atoms with Crippen LogP contribution in [0.4, 0.5) is 5.69 Å². The summed E-state index contributed by atoms with van der Waals surface area (Å²) in [5.74, 6) is -0.0315. The van der Waals surface area contributed by atoms with Gasteiger partial charge >= 0.3 is 0 Å². The molecule has 1 unspecified atom stereocenters. The maximum absolute atomic E-state index is 13.7. The number of hydrogen-bond acceptors (Lipinski definition) is 4. The molecule has 32 heavy (non-hydrogen) atoms. The fourth-order valence-electron chi connectivity index (χ4n) is 4.35. The first-order chi connectivity index (χ1) is 15.2. The van der Waals surface area contributed by atoms with Gasteiger partial charge in [0.25, 0.3) is 5.91 Å². The van der Waals surface area contributed by atoms with Crippen molar-refractivity contribution in [2.45, 2.75) is 26.8 Å². The maximum atomic E-state index is 13.7. The molecule has 0 aromatic heterocycles. The van der Waals surface area contributed by atoms with Crippen LogP contribution in [0.3, 0.4) is 0 Å². The summed E-state index contributed by atoms with van der Waals surface area (Å²) in [6, 6.07) is 18.2. The van der Waals surface area contributed by atoms with Crippen LogP contribution in [0, 0.1) is 5.41 Å². The summed E-state index contributed by atoms with van der Waals surface area (Å²) >= 11 is 0. The average Bonchev–Trinajstić information content (AvgIpc) is 3.34. The van der Waals surface area contributed by atoms with Crippen LogP contribution < -0.4 is 15.6 Å². The number of anilines is 1. The van der Waals surface area contributed by atoms with Crippen molar-refractivity contribution in [3.8, 4) is 0 Å². The number of carbonyl (C=O) groups excluding carboxylic acids is 1. The van der Waals surface area contributed by atoms with Gasteiger partial charge < -0.3 is 10.3 Å². The minimum absolute atomic E-state index is 0.0315. The van der Waals surface area contributed by atoms with Crippen LogP contribution in [-0.4, -0.2) is 31.6 Å². The predicted molar refractivity (Wildman–Crippen MR) is 132 cm³/mol. The van der Waals surface area contributed by atoms with E-state index in [2.05, 4.69) is 68.6 Å². The number of carbonyl (C=O) groups is 1. The molecule has 2 N–H and O–H groups in total. The van der Waals surface area contributed by atoms with Gasteiger partial charge in [-0.2, -0.15) is 0 Å². The third-order valence-corrected chi connectivity index (χ3v) is 6.21. The van der Waals surface area contributed by atoms with Gasteiger partial charge in [0.05, 0.1) is 6.04 Å².